The van der Waals surface area contributed by atoms with Crippen molar-refractivity contribution in [3.8, 4) is 0 Å². The van der Waals surface area contributed by atoms with Crippen LogP contribution in [0.4, 0.5) is 0 Å². The average molecular weight is 304 g/mol. The summed E-state index contributed by atoms with van der Waals surface area (Å²) in [6, 6.07) is 5.38. The Bertz CT molecular complexity index is 650. The maximum atomic E-state index is 12.5. The Balaban J connectivity index is 1.73. The number of carbonyl (C=O) groups excluding carboxylic acids is 2. The molecule has 0 aromatic carbocycles. The van der Waals surface area contributed by atoms with Crippen LogP contribution in [0.3, 0.4) is 0 Å². The number of rotatable bonds is 3. The van der Waals surface area contributed by atoms with Crippen LogP contribution in [0.5, 0.6) is 0 Å². The monoisotopic (exact) mass is 304 g/mol. The third-order valence-corrected chi connectivity index (χ3v) is 4.73. The number of aromatic nitrogens is 2. The normalized spacial score (nSPS) is 18.7. The number of nitrogens with two attached hydrogens (primary N) is 1. The molecule has 0 unspecified atom stereocenters. The molecule has 2 N–H and O–H groups in total. The number of primary amides is 1. The molecule has 110 valence electrons. The van der Waals surface area contributed by atoms with Crippen molar-refractivity contribution in [1.82, 2.24) is 14.7 Å². The minimum Gasteiger partial charge on any atom is -0.365 e. The molecular formula is C14H16N4O2S. The number of carbonyl (C=O) groups is 2. The second kappa shape index (κ2) is 5.69. The van der Waals surface area contributed by atoms with Gasteiger partial charge >= 0.3 is 0 Å². The highest BCUT2D eigenvalue weighted by molar-refractivity contribution is 7.15. The van der Waals surface area contributed by atoms with E-state index in [-0.39, 0.29) is 11.9 Å². The van der Waals surface area contributed by atoms with Crippen molar-refractivity contribution in [3.05, 3.63) is 40.3 Å². The van der Waals surface area contributed by atoms with Gasteiger partial charge in [0, 0.05) is 25.5 Å². The molecule has 1 aliphatic heterocycles. The first kappa shape index (κ1) is 13.8. The van der Waals surface area contributed by atoms with Crippen molar-refractivity contribution in [2.75, 3.05) is 13.1 Å². The van der Waals surface area contributed by atoms with E-state index in [0.717, 1.165) is 30.7 Å². The highest BCUT2D eigenvalue weighted by Crippen LogP contribution is 2.24. The third kappa shape index (κ3) is 2.82. The molecule has 1 saturated heterocycles. The van der Waals surface area contributed by atoms with E-state index in [0.29, 0.717) is 16.3 Å². The molecular weight excluding hydrogens is 288 g/mol. The molecule has 0 aliphatic carbocycles. The molecule has 2 aromatic heterocycles. The van der Waals surface area contributed by atoms with Gasteiger partial charge < -0.3 is 10.6 Å². The largest absolute Gasteiger partial charge is 0.365 e. The van der Waals surface area contributed by atoms with Crippen LogP contribution < -0.4 is 5.73 Å². The van der Waals surface area contributed by atoms with Crippen LogP contribution in [0.1, 0.15) is 38.2 Å². The number of hydrogen-bond donors (Lipinski definition) is 1. The Morgan fingerprint density at radius 2 is 2.14 bits per heavy atom. The van der Waals surface area contributed by atoms with Gasteiger partial charge in [-0.15, -0.1) is 11.3 Å². The summed E-state index contributed by atoms with van der Waals surface area (Å²) in [7, 11) is 0. The van der Waals surface area contributed by atoms with Crippen LogP contribution in [-0.2, 0) is 0 Å². The lowest BCUT2D eigenvalue weighted by atomic mass is 10.1. The third-order valence-electron chi connectivity index (χ3n) is 3.64. The maximum absolute atomic E-state index is 12.5. The zero-order valence-corrected chi connectivity index (χ0v) is 12.3. The van der Waals surface area contributed by atoms with E-state index in [1.54, 1.807) is 18.3 Å². The quantitative estimate of drug-likeness (QED) is 0.933. The highest BCUT2D eigenvalue weighted by Gasteiger charge is 2.26. The summed E-state index contributed by atoms with van der Waals surface area (Å²) >= 11 is 1.15. The van der Waals surface area contributed by atoms with E-state index in [9.17, 15) is 9.59 Å². The van der Waals surface area contributed by atoms with Gasteiger partial charge in [-0.1, -0.05) is 0 Å². The Morgan fingerprint density at radius 1 is 1.33 bits per heavy atom. The molecule has 1 atom stereocenters. The minimum absolute atomic E-state index is 0.0376. The second-order valence-electron chi connectivity index (χ2n) is 5.06. The summed E-state index contributed by atoms with van der Waals surface area (Å²) in [5.41, 5.74) is 5.23. The molecule has 3 rings (SSSR count). The van der Waals surface area contributed by atoms with Gasteiger partial charge in [-0.2, -0.15) is 5.10 Å². The van der Waals surface area contributed by atoms with E-state index >= 15 is 0 Å². The SMILES string of the molecule is NC(=O)c1ccc(C(=O)N2CCC[C@H](n3cccn3)C2)s1. The van der Waals surface area contributed by atoms with Crippen LogP contribution in [0.25, 0.3) is 0 Å². The molecule has 7 heteroatoms. The Morgan fingerprint density at radius 3 is 2.81 bits per heavy atom. The van der Waals surface area contributed by atoms with Crippen molar-refractivity contribution < 1.29 is 9.59 Å². The van der Waals surface area contributed by atoms with Crippen molar-refractivity contribution in [1.29, 1.82) is 0 Å². The van der Waals surface area contributed by atoms with Crippen LogP contribution in [0, 0.1) is 0 Å². The predicted molar refractivity (Wildman–Crippen MR) is 79.2 cm³/mol. The lowest BCUT2D eigenvalue weighted by Gasteiger charge is -2.32. The zero-order chi connectivity index (χ0) is 14.8. The van der Waals surface area contributed by atoms with Gasteiger partial charge in [0.1, 0.15) is 0 Å². The molecule has 1 aliphatic rings. The summed E-state index contributed by atoms with van der Waals surface area (Å²) in [6.45, 7) is 1.38. The molecule has 0 radical (unpaired) electrons. The number of nitrogens with zero attached hydrogens (tertiary/aromatic N) is 3. The number of amides is 2. The molecule has 2 aromatic rings. The molecule has 0 bridgehead atoms. The number of thiophene rings is 1. The van der Waals surface area contributed by atoms with Gasteiger partial charge in [0.2, 0.25) is 0 Å². The summed E-state index contributed by atoms with van der Waals surface area (Å²) in [5.74, 6) is -0.531. The summed E-state index contributed by atoms with van der Waals surface area (Å²) in [6.07, 6.45) is 5.64. The van der Waals surface area contributed by atoms with Crippen LogP contribution in [0.2, 0.25) is 0 Å². The van der Waals surface area contributed by atoms with E-state index in [1.807, 2.05) is 21.8 Å². The average Bonchev–Trinajstić information content (AvgIpc) is 3.18. The van der Waals surface area contributed by atoms with Gasteiger partial charge in [-0.05, 0) is 31.0 Å². The van der Waals surface area contributed by atoms with E-state index in [2.05, 4.69) is 5.10 Å². The number of likely N-dealkylation sites (tertiary alicyclic amines) is 1. The van der Waals surface area contributed by atoms with Crippen molar-refractivity contribution in [3.63, 3.8) is 0 Å². The maximum Gasteiger partial charge on any atom is 0.264 e. The van der Waals surface area contributed by atoms with Crippen LogP contribution in [0.15, 0.2) is 30.6 Å². The highest BCUT2D eigenvalue weighted by atomic mass is 32.1. The molecule has 0 saturated carbocycles. The van der Waals surface area contributed by atoms with Gasteiger partial charge in [-0.3, -0.25) is 14.3 Å². The molecule has 21 heavy (non-hydrogen) atoms. The minimum atomic E-state index is -0.493. The second-order valence-corrected chi connectivity index (χ2v) is 6.15. The van der Waals surface area contributed by atoms with Crippen LogP contribution >= 0.6 is 11.3 Å². The standard InChI is InChI=1S/C14H16N4O2S/c15-13(19)11-4-5-12(21-11)14(20)17-7-1-3-10(9-17)18-8-2-6-16-18/h2,4-6,8,10H,1,3,7,9H2,(H2,15,19)/t10-/m0/s1. The summed E-state index contributed by atoms with van der Waals surface area (Å²) in [4.78, 5) is 26.4. The number of piperidine rings is 1. The van der Waals surface area contributed by atoms with E-state index in [1.165, 1.54) is 0 Å². The van der Waals surface area contributed by atoms with E-state index < -0.39 is 5.91 Å². The molecule has 0 spiro atoms. The van der Waals surface area contributed by atoms with Crippen molar-refractivity contribution >= 4 is 23.2 Å². The fraction of sp³-hybridized carbons (Fsp3) is 0.357. The van der Waals surface area contributed by atoms with Crippen LogP contribution in [-0.4, -0.2) is 39.6 Å². The van der Waals surface area contributed by atoms with Gasteiger partial charge in [-0.25, -0.2) is 0 Å². The van der Waals surface area contributed by atoms with Gasteiger partial charge in [0.25, 0.3) is 11.8 Å². The lowest BCUT2D eigenvalue weighted by Crippen LogP contribution is -2.40. The Labute approximate surface area is 126 Å². The molecule has 3 heterocycles. The van der Waals surface area contributed by atoms with E-state index in [4.69, 9.17) is 5.73 Å². The zero-order valence-electron chi connectivity index (χ0n) is 11.4. The fourth-order valence-electron chi connectivity index (χ4n) is 2.59. The molecule has 1 fully saturated rings. The number of hydrogen-bond acceptors (Lipinski definition) is 4. The topological polar surface area (TPSA) is 81.2 Å². The lowest BCUT2D eigenvalue weighted by molar-refractivity contribution is 0.0678. The van der Waals surface area contributed by atoms with Crippen molar-refractivity contribution in [2.45, 2.75) is 18.9 Å². The summed E-state index contributed by atoms with van der Waals surface area (Å²) < 4.78 is 1.91. The first-order valence-corrected chi connectivity index (χ1v) is 7.65. The predicted octanol–water partition coefficient (Wildman–Crippen LogP) is 1.52. The Hall–Kier alpha value is -2.15. The van der Waals surface area contributed by atoms with Crippen molar-refractivity contribution in [2.24, 2.45) is 5.73 Å². The Kier molecular flexibility index (Phi) is 3.74. The smallest absolute Gasteiger partial charge is 0.264 e. The van der Waals surface area contributed by atoms with Gasteiger partial charge in [0.05, 0.1) is 15.8 Å². The van der Waals surface area contributed by atoms with Gasteiger partial charge in [0.15, 0.2) is 0 Å². The summed E-state index contributed by atoms with van der Waals surface area (Å²) in [5, 5.41) is 4.25. The first-order chi connectivity index (χ1) is 10.1. The first-order valence-electron chi connectivity index (χ1n) is 6.83. The molecule has 2 amide bonds. The fourth-order valence-corrected chi connectivity index (χ4v) is 3.42. The molecule has 6 nitrogen and oxygen atoms in total.